The lowest BCUT2D eigenvalue weighted by molar-refractivity contribution is -0.385. The maximum Gasteiger partial charge on any atom is 0.285 e. The third kappa shape index (κ3) is 3.47. The zero-order valence-electron chi connectivity index (χ0n) is 9.42. The lowest BCUT2D eigenvalue weighted by Gasteiger charge is -2.09. The summed E-state index contributed by atoms with van der Waals surface area (Å²) in [4.78, 5) is 23.4. The SMILES string of the molecule is CN(C)CCCn1cc([N+](=O)[O-])ccc1=O. The molecule has 6 nitrogen and oxygen atoms in total. The minimum absolute atomic E-state index is 0.0514. The Hall–Kier alpha value is -1.69. The second-order valence-corrected chi connectivity index (χ2v) is 3.83. The highest BCUT2D eigenvalue weighted by Crippen LogP contribution is 2.06. The maximum atomic E-state index is 11.4. The molecule has 0 aliphatic carbocycles. The molecule has 1 aromatic heterocycles. The van der Waals surface area contributed by atoms with Gasteiger partial charge in [-0.2, -0.15) is 0 Å². The fourth-order valence-electron chi connectivity index (χ4n) is 1.36. The van der Waals surface area contributed by atoms with Crippen molar-refractivity contribution in [1.82, 2.24) is 9.47 Å². The molecule has 0 unspecified atom stereocenters. The molecule has 0 aliphatic rings. The van der Waals surface area contributed by atoms with Gasteiger partial charge in [-0.3, -0.25) is 14.9 Å². The van der Waals surface area contributed by atoms with Gasteiger partial charge >= 0.3 is 0 Å². The highest BCUT2D eigenvalue weighted by molar-refractivity contribution is 5.24. The largest absolute Gasteiger partial charge is 0.309 e. The Kier molecular flexibility index (Phi) is 4.19. The zero-order valence-corrected chi connectivity index (χ0v) is 9.42. The molecule has 1 heterocycles. The van der Waals surface area contributed by atoms with Crippen molar-refractivity contribution in [2.75, 3.05) is 20.6 Å². The van der Waals surface area contributed by atoms with E-state index in [1.807, 2.05) is 19.0 Å². The van der Waals surface area contributed by atoms with Crippen LogP contribution in [0.1, 0.15) is 6.42 Å². The molecule has 0 radical (unpaired) electrons. The average Bonchev–Trinajstić information content (AvgIpc) is 2.20. The van der Waals surface area contributed by atoms with Crippen LogP contribution >= 0.6 is 0 Å². The Labute approximate surface area is 93.3 Å². The molecule has 0 fully saturated rings. The van der Waals surface area contributed by atoms with E-state index in [1.54, 1.807) is 0 Å². The van der Waals surface area contributed by atoms with Crippen LogP contribution in [0.25, 0.3) is 0 Å². The third-order valence-corrected chi connectivity index (χ3v) is 2.18. The normalized spacial score (nSPS) is 10.7. The molecular formula is C10H15N3O3. The summed E-state index contributed by atoms with van der Waals surface area (Å²) in [5.41, 5.74) is -0.256. The maximum absolute atomic E-state index is 11.4. The van der Waals surface area contributed by atoms with Crippen molar-refractivity contribution in [3.8, 4) is 0 Å². The molecule has 0 bridgehead atoms. The lowest BCUT2D eigenvalue weighted by atomic mass is 10.3. The Morgan fingerprint density at radius 3 is 2.69 bits per heavy atom. The first-order valence-electron chi connectivity index (χ1n) is 5.00. The molecule has 0 atom stereocenters. The Bertz CT molecular complexity index is 426. The number of aromatic nitrogens is 1. The first kappa shape index (κ1) is 12.4. The summed E-state index contributed by atoms with van der Waals surface area (Å²) >= 11 is 0. The molecular weight excluding hydrogens is 210 g/mol. The van der Waals surface area contributed by atoms with Crippen molar-refractivity contribution in [3.05, 3.63) is 38.8 Å². The predicted octanol–water partition coefficient (Wildman–Crippen LogP) is 0.708. The van der Waals surface area contributed by atoms with Gasteiger partial charge in [0.25, 0.3) is 11.2 Å². The summed E-state index contributed by atoms with van der Waals surface area (Å²) in [5.74, 6) is 0. The number of hydrogen-bond donors (Lipinski definition) is 0. The summed E-state index contributed by atoms with van der Waals surface area (Å²) in [5, 5.41) is 10.5. The van der Waals surface area contributed by atoms with Crippen LogP contribution in [0.4, 0.5) is 5.69 Å². The van der Waals surface area contributed by atoms with Gasteiger partial charge in [-0.1, -0.05) is 0 Å². The van der Waals surface area contributed by atoms with Crippen molar-refractivity contribution in [1.29, 1.82) is 0 Å². The van der Waals surface area contributed by atoms with Crippen molar-refractivity contribution in [2.45, 2.75) is 13.0 Å². The number of nitro groups is 1. The monoisotopic (exact) mass is 225 g/mol. The van der Waals surface area contributed by atoms with Crippen LogP contribution in [0.15, 0.2) is 23.1 Å². The van der Waals surface area contributed by atoms with Gasteiger partial charge < -0.3 is 9.47 Å². The van der Waals surface area contributed by atoms with Crippen molar-refractivity contribution >= 4 is 5.69 Å². The van der Waals surface area contributed by atoms with Crippen LogP contribution in [-0.4, -0.2) is 35.0 Å². The van der Waals surface area contributed by atoms with E-state index in [4.69, 9.17) is 0 Å². The molecule has 0 aliphatic heterocycles. The molecule has 0 N–H and O–H groups in total. The van der Waals surface area contributed by atoms with Crippen LogP contribution < -0.4 is 5.56 Å². The second kappa shape index (κ2) is 5.41. The van der Waals surface area contributed by atoms with E-state index >= 15 is 0 Å². The zero-order chi connectivity index (χ0) is 12.1. The molecule has 0 saturated carbocycles. The molecule has 0 aromatic carbocycles. The molecule has 6 heteroatoms. The summed E-state index contributed by atoms with van der Waals surface area (Å²) in [6.45, 7) is 1.34. The van der Waals surface area contributed by atoms with Crippen LogP contribution in [-0.2, 0) is 6.54 Å². The van der Waals surface area contributed by atoms with E-state index in [0.29, 0.717) is 6.54 Å². The first-order chi connectivity index (χ1) is 7.50. The molecule has 0 saturated heterocycles. The van der Waals surface area contributed by atoms with Crippen LogP contribution in [0.3, 0.4) is 0 Å². The van der Waals surface area contributed by atoms with Crippen LogP contribution in [0, 0.1) is 10.1 Å². The van der Waals surface area contributed by atoms with Gasteiger partial charge in [0.05, 0.1) is 11.1 Å². The Morgan fingerprint density at radius 1 is 1.44 bits per heavy atom. The van der Waals surface area contributed by atoms with Gasteiger partial charge in [0.2, 0.25) is 0 Å². The third-order valence-electron chi connectivity index (χ3n) is 2.18. The van der Waals surface area contributed by atoms with Crippen molar-refractivity contribution in [3.63, 3.8) is 0 Å². The van der Waals surface area contributed by atoms with E-state index in [1.165, 1.54) is 22.9 Å². The lowest BCUT2D eigenvalue weighted by Crippen LogP contribution is -2.22. The number of aryl methyl sites for hydroxylation is 1. The van der Waals surface area contributed by atoms with E-state index in [9.17, 15) is 14.9 Å². The summed E-state index contributed by atoms with van der Waals surface area (Å²) in [7, 11) is 3.88. The highest BCUT2D eigenvalue weighted by atomic mass is 16.6. The summed E-state index contributed by atoms with van der Waals surface area (Å²) < 4.78 is 1.38. The molecule has 88 valence electrons. The minimum atomic E-state index is -0.498. The Balaban J connectivity index is 2.75. The molecule has 16 heavy (non-hydrogen) atoms. The number of hydrogen-bond acceptors (Lipinski definition) is 4. The van der Waals surface area contributed by atoms with Gasteiger partial charge in [0, 0.05) is 18.7 Å². The van der Waals surface area contributed by atoms with Crippen LogP contribution in [0.5, 0.6) is 0 Å². The van der Waals surface area contributed by atoms with Gasteiger partial charge in [-0.15, -0.1) is 0 Å². The standard InChI is InChI=1S/C10H15N3O3/c1-11(2)6-3-7-12-8-9(13(15)16)4-5-10(12)14/h4-5,8H,3,6-7H2,1-2H3. The topological polar surface area (TPSA) is 68.4 Å². The smallest absolute Gasteiger partial charge is 0.285 e. The van der Waals surface area contributed by atoms with Gasteiger partial charge in [-0.05, 0) is 27.1 Å². The minimum Gasteiger partial charge on any atom is -0.309 e. The number of nitrogens with zero attached hydrogens (tertiary/aromatic N) is 3. The average molecular weight is 225 g/mol. The van der Waals surface area contributed by atoms with Gasteiger partial charge in [-0.25, -0.2) is 0 Å². The van der Waals surface area contributed by atoms with Gasteiger partial charge in [0.15, 0.2) is 0 Å². The van der Waals surface area contributed by atoms with E-state index in [-0.39, 0.29) is 11.2 Å². The van der Waals surface area contributed by atoms with Crippen molar-refractivity contribution < 1.29 is 4.92 Å². The van der Waals surface area contributed by atoms with Gasteiger partial charge in [0.1, 0.15) is 0 Å². The number of pyridine rings is 1. The fraction of sp³-hybridized carbons (Fsp3) is 0.500. The molecule has 1 aromatic rings. The summed E-state index contributed by atoms with van der Waals surface area (Å²) in [6.07, 6.45) is 2.08. The first-order valence-corrected chi connectivity index (χ1v) is 5.00. The Morgan fingerprint density at radius 2 is 2.12 bits per heavy atom. The molecule has 0 amide bonds. The fourth-order valence-corrected chi connectivity index (χ4v) is 1.36. The van der Waals surface area contributed by atoms with Crippen molar-refractivity contribution in [2.24, 2.45) is 0 Å². The molecule has 1 rings (SSSR count). The quantitative estimate of drug-likeness (QED) is 0.546. The highest BCUT2D eigenvalue weighted by Gasteiger charge is 2.07. The predicted molar refractivity (Wildman–Crippen MR) is 60.5 cm³/mol. The summed E-state index contributed by atoms with van der Waals surface area (Å²) in [6, 6.07) is 2.46. The van der Waals surface area contributed by atoms with Crippen LogP contribution in [0.2, 0.25) is 0 Å². The van der Waals surface area contributed by atoms with E-state index in [2.05, 4.69) is 0 Å². The van der Waals surface area contributed by atoms with E-state index in [0.717, 1.165) is 13.0 Å². The van der Waals surface area contributed by atoms with E-state index < -0.39 is 4.92 Å². The number of rotatable bonds is 5. The second-order valence-electron chi connectivity index (χ2n) is 3.83. The molecule has 0 spiro atoms.